The molecule has 0 amide bonds. The number of rotatable bonds is 10. The second kappa shape index (κ2) is 22.1. The predicted molar refractivity (Wildman–Crippen MR) is 417 cm³/mol. The number of hydrogen-bond acceptors (Lipinski definition) is 6. The quantitative estimate of drug-likeness (QED) is 0.136. The van der Waals surface area contributed by atoms with E-state index in [1.165, 1.54) is 5.56 Å². The molecule has 100 heavy (non-hydrogen) atoms. The Balaban J connectivity index is 0.729. The van der Waals surface area contributed by atoms with Gasteiger partial charge >= 0.3 is 0 Å². The third kappa shape index (κ3) is 8.97. The van der Waals surface area contributed by atoms with Crippen molar-refractivity contribution in [3.05, 3.63) is 340 Å². The second-order valence-electron chi connectivity index (χ2n) is 26.3. The van der Waals surface area contributed by atoms with Gasteiger partial charge in [0, 0.05) is 55.1 Å². The molecule has 0 aliphatic rings. The van der Waals surface area contributed by atoms with Gasteiger partial charge in [0.15, 0.2) is 22.3 Å². The van der Waals surface area contributed by atoms with Crippen molar-refractivity contribution in [2.75, 3.05) is 9.80 Å². The fourth-order valence-electron chi connectivity index (χ4n) is 15.6. The predicted octanol–water partition coefficient (Wildman–Crippen LogP) is 27.5. The van der Waals surface area contributed by atoms with Crippen molar-refractivity contribution in [2.24, 2.45) is 0 Å². The van der Waals surface area contributed by atoms with E-state index in [4.69, 9.17) is 17.7 Å². The first-order chi connectivity index (χ1) is 49.5. The summed E-state index contributed by atoms with van der Waals surface area (Å²) in [6.45, 7) is 0. The molecule has 6 nitrogen and oxygen atoms in total. The summed E-state index contributed by atoms with van der Waals surface area (Å²) in [6.07, 6.45) is 0. The molecular weight excluding hydrogens is 1220 g/mol. The Morgan fingerprint density at radius 2 is 0.440 bits per heavy atom. The standard InChI is InChI=1S/C94H56N2O4/c1-5-17-57(18-6-1)60-33-39-74(40-34-60)95(73-27-11-4-12-28-73)83-55-79-77-47-63-23-13-15-25-65(63)51-85(77)97-91(79)94-90(83)82-49-69-31-29-68(46-72(69)54-88(82)100-94)67-30-32-70-53-86-78(50-71(70)45-67)80-56-84(89-81-48-64-24-14-16-26-66(64)52-87(81)99-93(89)92(80)98-86)96(75-41-35-61(36-42-75)58-19-7-2-8-20-58)76-43-37-62(38-44-76)59-21-9-3-10-22-59/h1-56H. The average molecular weight is 1280 g/mol. The van der Waals surface area contributed by atoms with Gasteiger partial charge in [-0.05, 0) is 209 Å². The Kier molecular flexibility index (Phi) is 12.3. The lowest BCUT2D eigenvalue weighted by atomic mass is 9.96. The molecule has 0 atom stereocenters. The van der Waals surface area contributed by atoms with E-state index in [9.17, 15) is 0 Å². The normalized spacial score (nSPS) is 12.0. The summed E-state index contributed by atoms with van der Waals surface area (Å²) in [5.41, 5.74) is 21.2. The number of hydrogen-bond donors (Lipinski definition) is 0. The summed E-state index contributed by atoms with van der Waals surface area (Å²) < 4.78 is 28.5. The summed E-state index contributed by atoms with van der Waals surface area (Å²) in [7, 11) is 0. The molecule has 466 valence electrons. The van der Waals surface area contributed by atoms with Gasteiger partial charge in [0.1, 0.15) is 22.3 Å². The van der Waals surface area contributed by atoms with Crippen LogP contribution in [0.1, 0.15) is 0 Å². The topological polar surface area (TPSA) is 59.0 Å². The van der Waals surface area contributed by atoms with Crippen LogP contribution in [-0.2, 0) is 0 Å². The Labute approximate surface area is 573 Å². The van der Waals surface area contributed by atoms with Crippen molar-refractivity contribution < 1.29 is 17.7 Å². The molecule has 0 saturated heterocycles. The molecule has 0 N–H and O–H groups in total. The van der Waals surface area contributed by atoms with Gasteiger partial charge in [-0.3, -0.25) is 0 Å². The van der Waals surface area contributed by atoms with Crippen molar-refractivity contribution in [1.82, 2.24) is 0 Å². The Hall–Kier alpha value is -13.4. The van der Waals surface area contributed by atoms with Gasteiger partial charge in [0.05, 0.1) is 22.1 Å². The van der Waals surface area contributed by atoms with Gasteiger partial charge in [-0.15, -0.1) is 0 Å². The molecule has 0 radical (unpaired) electrons. The Bertz CT molecular complexity index is 6770. The van der Waals surface area contributed by atoms with E-state index in [1.54, 1.807) is 0 Å². The molecule has 21 aromatic rings. The first kappa shape index (κ1) is 55.8. The van der Waals surface area contributed by atoms with E-state index in [-0.39, 0.29) is 0 Å². The smallest absolute Gasteiger partial charge is 0.180 e. The van der Waals surface area contributed by atoms with Gasteiger partial charge in [0.25, 0.3) is 0 Å². The largest absolute Gasteiger partial charge is 0.452 e. The minimum Gasteiger partial charge on any atom is -0.452 e. The lowest BCUT2D eigenvalue weighted by molar-refractivity contribution is 0.634. The zero-order valence-electron chi connectivity index (χ0n) is 53.9. The van der Waals surface area contributed by atoms with Gasteiger partial charge in [-0.1, -0.05) is 218 Å². The monoisotopic (exact) mass is 1280 g/mol. The van der Waals surface area contributed by atoms with Crippen LogP contribution in [0.15, 0.2) is 357 Å². The van der Waals surface area contributed by atoms with Crippen LogP contribution in [0, 0.1) is 0 Å². The van der Waals surface area contributed by atoms with Gasteiger partial charge < -0.3 is 27.5 Å². The maximum Gasteiger partial charge on any atom is 0.180 e. The highest BCUT2D eigenvalue weighted by Crippen LogP contribution is 2.52. The summed E-state index contributed by atoms with van der Waals surface area (Å²) >= 11 is 0. The molecule has 17 aromatic carbocycles. The third-order valence-corrected chi connectivity index (χ3v) is 20.5. The molecule has 0 spiro atoms. The van der Waals surface area contributed by atoms with Crippen LogP contribution in [0.2, 0.25) is 0 Å². The number of fused-ring (bicyclic) bond motifs is 18. The minimum atomic E-state index is 0.703. The van der Waals surface area contributed by atoms with Crippen LogP contribution >= 0.6 is 0 Å². The van der Waals surface area contributed by atoms with Crippen molar-refractivity contribution in [3.8, 4) is 44.5 Å². The van der Waals surface area contributed by atoms with Crippen LogP contribution in [0.4, 0.5) is 34.1 Å². The third-order valence-electron chi connectivity index (χ3n) is 20.5. The summed E-state index contributed by atoms with van der Waals surface area (Å²) in [5, 5.41) is 16.8. The average Bonchev–Trinajstić information content (AvgIpc) is 1.55. The van der Waals surface area contributed by atoms with Crippen molar-refractivity contribution in [3.63, 3.8) is 0 Å². The van der Waals surface area contributed by atoms with Crippen LogP contribution in [0.3, 0.4) is 0 Å². The summed E-state index contributed by atoms with van der Waals surface area (Å²) in [6, 6.07) is 122. The second-order valence-corrected chi connectivity index (χ2v) is 26.3. The summed E-state index contributed by atoms with van der Waals surface area (Å²) in [4.78, 5) is 4.75. The lowest BCUT2D eigenvalue weighted by Gasteiger charge is -2.27. The van der Waals surface area contributed by atoms with E-state index in [1.807, 2.05) is 0 Å². The molecule has 4 heterocycles. The van der Waals surface area contributed by atoms with E-state index in [0.717, 1.165) is 187 Å². The molecule has 4 aromatic heterocycles. The molecule has 0 unspecified atom stereocenters. The van der Waals surface area contributed by atoms with E-state index >= 15 is 0 Å². The molecule has 0 aliphatic carbocycles. The van der Waals surface area contributed by atoms with Gasteiger partial charge in [-0.25, -0.2) is 0 Å². The molecule has 21 rings (SSSR count). The summed E-state index contributed by atoms with van der Waals surface area (Å²) in [5.74, 6) is 0. The molecule has 0 bridgehead atoms. The van der Waals surface area contributed by atoms with E-state index in [0.29, 0.717) is 16.7 Å². The van der Waals surface area contributed by atoms with Crippen LogP contribution in [-0.4, -0.2) is 0 Å². The molecule has 0 saturated carbocycles. The fraction of sp³-hybridized carbons (Fsp3) is 0. The molecule has 6 heteroatoms. The van der Waals surface area contributed by atoms with E-state index in [2.05, 4.69) is 350 Å². The van der Waals surface area contributed by atoms with E-state index < -0.39 is 0 Å². The minimum absolute atomic E-state index is 0.703. The number of furan rings is 4. The maximum absolute atomic E-state index is 7.25. The number of anilines is 6. The maximum atomic E-state index is 7.25. The van der Waals surface area contributed by atoms with Crippen LogP contribution in [0.5, 0.6) is 0 Å². The molecular formula is C94H56N2O4. The number of nitrogens with zero attached hydrogens (tertiary/aromatic N) is 2. The van der Waals surface area contributed by atoms with Gasteiger partial charge in [0.2, 0.25) is 0 Å². The highest BCUT2D eigenvalue weighted by molar-refractivity contribution is 6.28. The fourth-order valence-corrected chi connectivity index (χ4v) is 15.6. The van der Waals surface area contributed by atoms with Crippen molar-refractivity contribution in [1.29, 1.82) is 0 Å². The first-order valence-electron chi connectivity index (χ1n) is 34.0. The highest BCUT2D eigenvalue weighted by Gasteiger charge is 2.28. The Morgan fingerprint density at radius 3 is 0.850 bits per heavy atom. The number of benzene rings is 17. The zero-order chi connectivity index (χ0) is 65.5. The first-order valence-corrected chi connectivity index (χ1v) is 34.0. The SMILES string of the molecule is c1ccc(-c2ccc(N(c3ccccc3)c3cc4c5cc6ccccc6cc5oc4c4oc5cc6cc(-c7ccc8cc9oc%10c(cc(N(c%11ccc(-c%12ccccc%12)cc%11)c%11ccc(-c%12ccccc%12)cc%11)c%11c%12cc%13ccccc%13cc%12oc%10%11)c9cc8c7)ccc6cc5c34)cc2)cc1. The van der Waals surface area contributed by atoms with Crippen LogP contribution in [0.25, 0.3) is 175 Å². The molecule has 0 aliphatic heterocycles. The highest BCUT2D eigenvalue weighted by atomic mass is 16.4. The van der Waals surface area contributed by atoms with Crippen molar-refractivity contribution in [2.45, 2.75) is 0 Å². The Morgan fingerprint density at radius 1 is 0.170 bits per heavy atom. The van der Waals surface area contributed by atoms with Crippen LogP contribution < -0.4 is 9.80 Å². The van der Waals surface area contributed by atoms with Crippen molar-refractivity contribution >= 4 is 165 Å². The zero-order valence-corrected chi connectivity index (χ0v) is 53.9. The molecule has 0 fully saturated rings. The van der Waals surface area contributed by atoms with Gasteiger partial charge in [-0.2, -0.15) is 0 Å². The number of para-hydroxylation sites is 1. The lowest BCUT2D eigenvalue weighted by Crippen LogP contribution is -2.10.